The van der Waals surface area contributed by atoms with Crippen LogP contribution in [0.25, 0.3) is 11.0 Å². The number of para-hydroxylation sites is 2. The highest BCUT2D eigenvalue weighted by Crippen LogP contribution is 2.31. The molecule has 1 aromatic carbocycles. The molecule has 3 aromatic rings. The first-order chi connectivity index (χ1) is 11.6. The fraction of sp³-hybridized carbons (Fsp3) is 0.176. The molecule has 7 nitrogen and oxygen atoms in total. The number of likely N-dealkylation sites (N-methyl/N-ethyl adjacent to an activating group) is 1. The van der Waals surface area contributed by atoms with Crippen LogP contribution >= 0.6 is 0 Å². The number of carbonyl (C=O) groups excluding carboxylic acids is 1. The van der Waals surface area contributed by atoms with Gasteiger partial charge in [-0.2, -0.15) is 0 Å². The van der Waals surface area contributed by atoms with Gasteiger partial charge in [0, 0.05) is 32.4 Å². The van der Waals surface area contributed by atoms with Crippen molar-refractivity contribution in [3.8, 4) is 0 Å². The van der Waals surface area contributed by atoms with Crippen molar-refractivity contribution in [2.45, 2.75) is 0 Å². The SMILES string of the molecule is CN1CCN(C(=O)c2ccc(=O)[nH]c2)c2nc3ccccc3nc21. The van der Waals surface area contributed by atoms with Gasteiger partial charge >= 0.3 is 0 Å². The van der Waals surface area contributed by atoms with Gasteiger partial charge in [0.2, 0.25) is 5.56 Å². The molecule has 0 unspecified atom stereocenters. The van der Waals surface area contributed by atoms with Gasteiger partial charge in [-0.3, -0.25) is 14.5 Å². The van der Waals surface area contributed by atoms with Crippen molar-refractivity contribution in [1.29, 1.82) is 0 Å². The molecule has 2 aromatic heterocycles. The Morgan fingerprint density at radius 1 is 1.04 bits per heavy atom. The van der Waals surface area contributed by atoms with Crippen molar-refractivity contribution in [2.24, 2.45) is 0 Å². The van der Waals surface area contributed by atoms with Gasteiger partial charge in [0.15, 0.2) is 11.6 Å². The first-order valence-electron chi connectivity index (χ1n) is 7.62. The highest BCUT2D eigenvalue weighted by molar-refractivity contribution is 6.07. The predicted molar refractivity (Wildman–Crippen MR) is 91.5 cm³/mol. The molecular formula is C17H15N5O2. The normalized spacial score (nSPS) is 13.9. The summed E-state index contributed by atoms with van der Waals surface area (Å²) in [4.78, 5) is 39.5. The van der Waals surface area contributed by atoms with Crippen LogP contribution in [-0.4, -0.2) is 41.0 Å². The number of anilines is 2. The minimum absolute atomic E-state index is 0.204. The van der Waals surface area contributed by atoms with Crippen LogP contribution < -0.4 is 15.4 Å². The van der Waals surface area contributed by atoms with Crippen LogP contribution in [0.1, 0.15) is 10.4 Å². The molecule has 0 saturated carbocycles. The molecular weight excluding hydrogens is 306 g/mol. The zero-order chi connectivity index (χ0) is 16.7. The topological polar surface area (TPSA) is 82.2 Å². The second-order valence-electron chi connectivity index (χ2n) is 5.68. The highest BCUT2D eigenvalue weighted by Gasteiger charge is 2.29. The molecule has 0 bridgehead atoms. The molecule has 1 amide bonds. The fourth-order valence-electron chi connectivity index (χ4n) is 2.78. The Labute approximate surface area is 137 Å². The highest BCUT2D eigenvalue weighted by atomic mass is 16.2. The van der Waals surface area contributed by atoms with Crippen molar-refractivity contribution in [2.75, 3.05) is 29.9 Å². The third-order valence-electron chi connectivity index (χ3n) is 4.09. The molecule has 1 aliphatic heterocycles. The summed E-state index contributed by atoms with van der Waals surface area (Å²) in [5, 5.41) is 0. The van der Waals surface area contributed by atoms with Crippen LogP contribution in [0.5, 0.6) is 0 Å². The number of nitrogens with one attached hydrogen (secondary N) is 1. The molecule has 4 rings (SSSR count). The number of amides is 1. The number of hydrogen-bond acceptors (Lipinski definition) is 5. The average molecular weight is 321 g/mol. The van der Waals surface area contributed by atoms with E-state index >= 15 is 0 Å². The van der Waals surface area contributed by atoms with Crippen molar-refractivity contribution >= 4 is 28.6 Å². The number of hydrogen-bond donors (Lipinski definition) is 1. The summed E-state index contributed by atoms with van der Waals surface area (Å²) >= 11 is 0. The quantitative estimate of drug-likeness (QED) is 0.733. The molecule has 0 radical (unpaired) electrons. The lowest BCUT2D eigenvalue weighted by Gasteiger charge is -2.33. The summed E-state index contributed by atoms with van der Waals surface area (Å²) in [7, 11) is 1.93. The van der Waals surface area contributed by atoms with Gasteiger partial charge in [-0.25, -0.2) is 9.97 Å². The molecule has 0 fully saturated rings. The summed E-state index contributed by atoms with van der Waals surface area (Å²) in [5.74, 6) is 1.02. The Morgan fingerprint density at radius 3 is 2.42 bits per heavy atom. The van der Waals surface area contributed by atoms with Crippen LogP contribution in [0, 0.1) is 0 Å². The van der Waals surface area contributed by atoms with E-state index in [1.54, 1.807) is 4.90 Å². The zero-order valence-electron chi connectivity index (χ0n) is 13.1. The average Bonchev–Trinajstić information content (AvgIpc) is 2.61. The van der Waals surface area contributed by atoms with Crippen LogP contribution in [-0.2, 0) is 0 Å². The van der Waals surface area contributed by atoms with Crippen molar-refractivity contribution in [3.05, 3.63) is 58.5 Å². The Bertz CT molecular complexity index is 977. The van der Waals surface area contributed by atoms with E-state index in [4.69, 9.17) is 0 Å². The third-order valence-corrected chi connectivity index (χ3v) is 4.09. The number of H-pyrrole nitrogens is 1. The summed E-state index contributed by atoms with van der Waals surface area (Å²) < 4.78 is 0. The van der Waals surface area contributed by atoms with E-state index in [0.29, 0.717) is 30.3 Å². The number of benzene rings is 1. The number of pyridine rings is 1. The van der Waals surface area contributed by atoms with Crippen LogP contribution in [0.2, 0.25) is 0 Å². The van der Waals surface area contributed by atoms with E-state index in [-0.39, 0.29) is 11.5 Å². The van der Waals surface area contributed by atoms with Gasteiger partial charge in [0.1, 0.15) is 0 Å². The molecule has 24 heavy (non-hydrogen) atoms. The summed E-state index contributed by atoms with van der Waals surface area (Å²) in [5.41, 5.74) is 1.71. The van der Waals surface area contributed by atoms with Gasteiger partial charge in [0.25, 0.3) is 5.91 Å². The van der Waals surface area contributed by atoms with Crippen LogP contribution in [0.3, 0.4) is 0 Å². The van der Waals surface area contributed by atoms with Gasteiger partial charge < -0.3 is 9.88 Å². The smallest absolute Gasteiger partial charge is 0.261 e. The minimum Gasteiger partial charge on any atom is -0.355 e. The second kappa shape index (κ2) is 5.45. The largest absolute Gasteiger partial charge is 0.355 e. The third kappa shape index (κ3) is 2.30. The Balaban J connectivity index is 1.83. The van der Waals surface area contributed by atoms with E-state index in [9.17, 15) is 9.59 Å². The first kappa shape index (κ1) is 14.4. The lowest BCUT2D eigenvalue weighted by molar-refractivity contribution is 0.0985. The maximum atomic E-state index is 12.8. The summed E-state index contributed by atoms with van der Waals surface area (Å²) in [6, 6.07) is 10.4. The van der Waals surface area contributed by atoms with E-state index in [1.165, 1.54) is 18.3 Å². The summed E-state index contributed by atoms with van der Waals surface area (Å²) in [6.07, 6.45) is 1.43. The number of aromatic amines is 1. The van der Waals surface area contributed by atoms with Gasteiger partial charge in [-0.15, -0.1) is 0 Å². The van der Waals surface area contributed by atoms with Crippen LogP contribution in [0.15, 0.2) is 47.4 Å². The van der Waals surface area contributed by atoms with E-state index in [1.807, 2.05) is 36.2 Å². The number of rotatable bonds is 1. The maximum absolute atomic E-state index is 12.8. The lowest BCUT2D eigenvalue weighted by Crippen LogP contribution is -2.44. The minimum atomic E-state index is -0.240. The van der Waals surface area contributed by atoms with E-state index in [2.05, 4.69) is 15.0 Å². The van der Waals surface area contributed by atoms with Crippen molar-refractivity contribution < 1.29 is 4.79 Å². The molecule has 1 N–H and O–H groups in total. The second-order valence-corrected chi connectivity index (χ2v) is 5.68. The lowest BCUT2D eigenvalue weighted by atomic mass is 10.2. The number of nitrogens with zero attached hydrogens (tertiary/aromatic N) is 4. The standard InChI is InChI=1S/C17H15N5O2/c1-21-8-9-22(17(24)11-6-7-14(23)18-10-11)16-15(21)19-12-4-2-3-5-13(12)20-16/h2-7,10H,8-9H2,1H3,(H,18,23). The van der Waals surface area contributed by atoms with Gasteiger partial charge in [-0.1, -0.05) is 12.1 Å². The van der Waals surface area contributed by atoms with E-state index in [0.717, 1.165) is 11.0 Å². The van der Waals surface area contributed by atoms with Crippen LogP contribution in [0.4, 0.5) is 11.6 Å². The fourth-order valence-corrected chi connectivity index (χ4v) is 2.78. The molecule has 120 valence electrons. The molecule has 0 spiro atoms. The van der Waals surface area contributed by atoms with Crippen molar-refractivity contribution in [3.63, 3.8) is 0 Å². The first-order valence-corrected chi connectivity index (χ1v) is 7.62. The Kier molecular flexibility index (Phi) is 3.26. The molecule has 1 aliphatic rings. The molecule has 0 atom stereocenters. The Morgan fingerprint density at radius 2 is 1.75 bits per heavy atom. The molecule has 3 heterocycles. The number of carbonyl (C=O) groups is 1. The predicted octanol–water partition coefficient (Wildman–Crippen LogP) is 1.41. The van der Waals surface area contributed by atoms with Gasteiger partial charge in [0.05, 0.1) is 16.6 Å². The Hall–Kier alpha value is -3.22. The van der Waals surface area contributed by atoms with Gasteiger partial charge in [-0.05, 0) is 18.2 Å². The molecule has 0 aliphatic carbocycles. The molecule has 0 saturated heterocycles. The number of fused-ring (bicyclic) bond motifs is 2. The molecule has 7 heteroatoms. The zero-order valence-corrected chi connectivity index (χ0v) is 13.1. The summed E-state index contributed by atoms with van der Waals surface area (Å²) in [6.45, 7) is 1.17. The maximum Gasteiger partial charge on any atom is 0.261 e. The van der Waals surface area contributed by atoms with E-state index < -0.39 is 0 Å². The monoisotopic (exact) mass is 321 g/mol. The number of aromatic nitrogens is 3. The van der Waals surface area contributed by atoms with Crippen molar-refractivity contribution in [1.82, 2.24) is 15.0 Å².